The van der Waals surface area contributed by atoms with Crippen LogP contribution in [0.3, 0.4) is 0 Å². The standard InChI is InChI=1S/C20H15F2N3O2/c1-27-16-4-2-3-13(10-16)18-11-19-20(26)24(7-8-25(19)23-18)12-14-9-15(21)5-6-17(14)22/h2-11H,12H2,1H3. The Kier molecular flexibility index (Phi) is 4.19. The zero-order chi connectivity index (χ0) is 19.0. The van der Waals surface area contributed by atoms with Crippen LogP contribution in [0.4, 0.5) is 8.78 Å². The number of aromatic nitrogens is 3. The topological polar surface area (TPSA) is 48.5 Å². The number of nitrogens with zero attached hydrogens (tertiary/aromatic N) is 3. The van der Waals surface area contributed by atoms with E-state index in [1.54, 1.807) is 19.4 Å². The zero-order valence-corrected chi connectivity index (χ0v) is 14.4. The fourth-order valence-electron chi connectivity index (χ4n) is 2.92. The van der Waals surface area contributed by atoms with Crippen LogP contribution in [-0.4, -0.2) is 21.3 Å². The van der Waals surface area contributed by atoms with Crippen LogP contribution in [0, 0.1) is 11.6 Å². The van der Waals surface area contributed by atoms with Crippen molar-refractivity contribution < 1.29 is 13.5 Å². The molecule has 4 aromatic rings. The molecule has 0 aliphatic heterocycles. The first-order chi connectivity index (χ1) is 13.0. The quantitative estimate of drug-likeness (QED) is 0.555. The van der Waals surface area contributed by atoms with Gasteiger partial charge in [-0.3, -0.25) is 4.79 Å². The van der Waals surface area contributed by atoms with Gasteiger partial charge in [-0.05, 0) is 36.4 Å². The lowest BCUT2D eigenvalue weighted by atomic mass is 10.1. The van der Waals surface area contributed by atoms with Gasteiger partial charge >= 0.3 is 0 Å². The zero-order valence-electron chi connectivity index (χ0n) is 14.4. The highest BCUT2D eigenvalue weighted by molar-refractivity contribution is 5.66. The summed E-state index contributed by atoms with van der Waals surface area (Å²) in [4.78, 5) is 12.8. The molecule has 0 atom stereocenters. The molecule has 0 saturated heterocycles. The van der Waals surface area contributed by atoms with Crippen LogP contribution in [-0.2, 0) is 6.54 Å². The van der Waals surface area contributed by atoms with Gasteiger partial charge in [0.2, 0.25) is 0 Å². The number of halogens is 2. The summed E-state index contributed by atoms with van der Waals surface area (Å²) >= 11 is 0. The number of rotatable bonds is 4. The summed E-state index contributed by atoms with van der Waals surface area (Å²) in [5.74, 6) is -0.428. The molecular formula is C20H15F2N3O2. The molecule has 0 N–H and O–H groups in total. The Labute approximate surface area is 153 Å². The van der Waals surface area contributed by atoms with Crippen LogP contribution in [0.1, 0.15) is 5.56 Å². The molecule has 0 saturated carbocycles. The van der Waals surface area contributed by atoms with E-state index in [4.69, 9.17) is 4.74 Å². The van der Waals surface area contributed by atoms with E-state index in [0.717, 1.165) is 23.8 Å². The van der Waals surface area contributed by atoms with Crippen LogP contribution < -0.4 is 10.3 Å². The molecule has 2 heterocycles. The van der Waals surface area contributed by atoms with E-state index in [0.29, 0.717) is 17.0 Å². The SMILES string of the molecule is COc1cccc(-c2cc3c(=O)n(Cc4cc(F)ccc4F)ccn3n2)c1. The van der Waals surface area contributed by atoms with Gasteiger partial charge in [-0.1, -0.05) is 12.1 Å². The molecule has 136 valence electrons. The van der Waals surface area contributed by atoms with Gasteiger partial charge in [0.15, 0.2) is 0 Å². The van der Waals surface area contributed by atoms with Crippen LogP contribution >= 0.6 is 0 Å². The third-order valence-electron chi connectivity index (χ3n) is 4.32. The molecule has 0 radical (unpaired) electrons. The van der Waals surface area contributed by atoms with Gasteiger partial charge < -0.3 is 9.30 Å². The predicted octanol–water partition coefficient (Wildman–Crippen LogP) is 3.50. The van der Waals surface area contributed by atoms with Crippen molar-refractivity contribution in [2.24, 2.45) is 0 Å². The van der Waals surface area contributed by atoms with Gasteiger partial charge in [0.05, 0.1) is 19.3 Å². The second-order valence-electron chi connectivity index (χ2n) is 6.06. The lowest BCUT2D eigenvalue weighted by molar-refractivity contribution is 0.415. The molecule has 0 aliphatic carbocycles. The summed E-state index contributed by atoms with van der Waals surface area (Å²) in [5.41, 5.74) is 1.52. The second kappa shape index (κ2) is 6.68. The van der Waals surface area contributed by atoms with E-state index in [1.165, 1.54) is 15.3 Å². The Balaban J connectivity index is 1.76. The maximum absolute atomic E-state index is 13.9. The lowest BCUT2D eigenvalue weighted by Crippen LogP contribution is -2.22. The molecule has 5 nitrogen and oxygen atoms in total. The maximum atomic E-state index is 13.9. The Morgan fingerprint density at radius 2 is 1.93 bits per heavy atom. The minimum absolute atomic E-state index is 0.0708. The molecule has 4 rings (SSSR count). The fraction of sp³-hybridized carbons (Fsp3) is 0.100. The minimum Gasteiger partial charge on any atom is -0.497 e. The van der Waals surface area contributed by atoms with Crippen molar-refractivity contribution in [2.75, 3.05) is 7.11 Å². The molecule has 0 unspecified atom stereocenters. The number of benzene rings is 2. The summed E-state index contributed by atoms with van der Waals surface area (Å²) in [6.45, 7) is -0.0708. The fourth-order valence-corrected chi connectivity index (χ4v) is 2.92. The smallest absolute Gasteiger partial charge is 0.276 e. The van der Waals surface area contributed by atoms with E-state index < -0.39 is 11.6 Å². The number of hydrogen-bond acceptors (Lipinski definition) is 3. The Morgan fingerprint density at radius 3 is 2.74 bits per heavy atom. The van der Waals surface area contributed by atoms with Gasteiger partial charge in [-0.2, -0.15) is 5.10 Å². The van der Waals surface area contributed by atoms with Crippen molar-refractivity contribution in [1.82, 2.24) is 14.2 Å². The van der Waals surface area contributed by atoms with Crippen molar-refractivity contribution >= 4 is 5.52 Å². The van der Waals surface area contributed by atoms with Gasteiger partial charge in [0, 0.05) is 23.5 Å². The number of fused-ring (bicyclic) bond motifs is 1. The van der Waals surface area contributed by atoms with Gasteiger partial charge in [-0.15, -0.1) is 0 Å². The number of hydrogen-bond donors (Lipinski definition) is 0. The first-order valence-electron chi connectivity index (χ1n) is 8.22. The Hall–Kier alpha value is -3.48. The second-order valence-corrected chi connectivity index (χ2v) is 6.06. The molecule has 2 aromatic carbocycles. The molecule has 2 aromatic heterocycles. The highest BCUT2D eigenvalue weighted by Gasteiger charge is 2.12. The summed E-state index contributed by atoms with van der Waals surface area (Å²) in [6.07, 6.45) is 3.11. The van der Waals surface area contributed by atoms with Crippen LogP contribution in [0.5, 0.6) is 5.75 Å². The number of methoxy groups -OCH3 is 1. The first kappa shape index (κ1) is 17.0. The van der Waals surface area contributed by atoms with Crippen LogP contribution in [0.2, 0.25) is 0 Å². The normalized spacial score (nSPS) is 11.1. The summed E-state index contributed by atoms with van der Waals surface area (Å²) < 4.78 is 35.3. The average molecular weight is 367 g/mol. The summed E-state index contributed by atoms with van der Waals surface area (Å²) in [6, 6.07) is 12.2. The van der Waals surface area contributed by atoms with Crippen molar-refractivity contribution in [2.45, 2.75) is 6.54 Å². The molecule has 0 amide bonds. The first-order valence-corrected chi connectivity index (χ1v) is 8.22. The third-order valence-corrected chi connectivity index (χ3v) is 4.32. The van der Waals surface area contributed by atoms with E-state index in [9.17, 15) is 13.6 Å². The van der Waals surface area contributed by atoms with Gasteiger partial charge in [-0.25, -0.2) is 13.3 Å². The molecule has 0 spiro atoms. The van der Waals surface area contributed by atoms with Crippen molar-refractivity contribution in [1.29, 1.82) is 0 Å². The third kappa shape index (κ3) is 3.19. The van der Waals surface area contributed by atoms with E-state index in [1.807, 2.05) is 24.3 Å². The van der Waals surface area contributed by atoms with Crippen LogP contribution in [0.15, 0.2) is 65.7 Å². The molecule has 0 bridgehead atoms. The highest BCUT2D eigenvalue weighted by Crippen LogP contribution is 2.23. The maximum Gasteiger partial charge on any atom is 0.276 e. The van der Waals surface area contributed by atoms with Crippen molar-refractivity contribution in [3.05, 3.63) is 88.5 Å². The van der Waals surface area contributed by atoms with Crippen LogP contribution in [0.25, 0.3) is 16.8 Å². The summed E-state index contributed by atoms with van der Waals surface area (Å²) in [7, 11) is 1.58. The highest BCUT2D eigenvalue weighted by atomic mass is 19.1. The summed E-state index contributed by atoms with van der Waals surface area (Å²) in [5, 5.41) is 4.41. The van der Waals surface area contributed by atoms with Gasteiger partial charge in [0.25, 0.3) is 5.56 Å². The molecular weight excluding hydrogens is 352 g/mol. The molecule has 0 fully saturated rings. The average Bonchev–Trinajstić information content (AvgIpc) is 3.12. The van der Waals surface area contributed by atoms with E-state index in [-0.39, 0.29) is 17.7 Å². The van der Waals surface area contributed by atoms with E-state index in [2.05, 4.69) is 5.10 Å². The van der Waals surface area contributed by atoms with Gasteiger partial charge in [0.1, 0.15) is 22.9 Å². The largest absolute Gasteiger partial charge is 0.497 e. The lowest BCUT2D eigenvalue weighted by Gasteiger charge is -2.07. The monoisotopic (exact) mass is 367 g/mol. The Bertz CT molecular complexity index is 1200. The predicted molar refractivity (Wildman–Crippen MR) is 96.9 cm³/mol. The number of ether oxygens (including phenoxy) is 1. The van der Waals surface area contributed by atoms with E-state index >= 15 is 0 Å². The van der Waals surface area contributed by atoms with Crippen molar-refractivity contribution in [3.63, 3.8) is 0 Å². The van der Waals surface area contributed by atoms with Crippen molar-refractivity contribution in [3.8, 4) is 17.0 Å². The Morgan fingerprint density at radius 1 is 1.07 bits per heavy atom. The molecule has 27 heavy (non-hydrogen) atoms. The minimum atomic E-state index is -0.561. The molecule has 7 heteroatoms. The molecule has 0 aliphatic rings.